The predicted molar refractivity (Wildman–Crippen MR) is 75.3 cm³/mol. The Morgan fingerprint density at radius 2 is 2.00 bits per heavy atom. The summed E-state index contributed by atoms with van der Waals surface area (Å²) in [4.78, 5) is 8.77. The van der Waals surface area contributed by atoms with Crippen LogP contribution in [-0.4, -0.2) is 17.0 Å². The Morgan fingerprint density at radius 3 is 2.68 bits per heavy atom. The normalized spacial score (nSPS) is 10.6. The van der Waals surface area contributed by atoms with Crippen LogP contribution in [0.2, 0.25) is 5.02 Å². The third-order valence-corrected chi connectivity index (χ3v) is 3.34. The zero-order valence-electron chi connectivity index (χ0n) is 11.1. The lowest BCUT2D eigenvalue weighted by Crippen LogP contribution is -2.06. The Hall–Kier alpha value is -1.68. The van der Waals surface area contributed by atoms with E-state index in [0.29, 0.717) is 17.8 Å². The van der Waals surface area contributed by atoms with Gasteiger partial charge >= 0.3 is 0 Å². The largest absolute Gasteiger partial charge is 0.373 e. The molecule has 100 valence electrons. The molecule has 2 aromatic rings. The van der Waals surface area contributed by atoms with Crippen LogP contribution in [0.25, 0.3) is 0 Å². The summed E-state index contributed by atoms with van der Waals surface area (Å²) in [6.45, 7) is 3.86. The number of aryl methyl sites for hydroxylation is 1. The third kappa shape index (κ3) is 2.84. The maximum Gasteiger partial charge on any atom is 0.145 e. The van der Waals surface area contributed by atoms with Crippen LogP contribution in [0.3, 0.4) is 0 Å². The number of nitrogens with zero attached hydrogens (tertiary/aromatic N) is 2. The monoisotopic (exact) mass is 279 g/mol. The number of aromatic nitrogens is 2. The van der Waals surface area contributed by atoms with Crippen LogP contribution in [0.1, 0.15) is 22.6 Å². The number of halogens is 2. The first kappa shape index (κ1) is 13.7. The van der Waals surface area contributed by atoms with Gasteiger partial charge in [-0.05, 0) is 25.5 Å². The summed E-state index contributed by atoms with van der Waals surface area (Å²) in [7, 11) is 1.80. The molecule has 1 heterocycles. The van der Waals surface area contributed by atoms with Crippen LogP contribution in [0.15, 0.2) is 18.2 Å². The molecule has 0 unspecified atom stereocenters. The number of hydrogen-bond donors (Lipinski definition) is 1. The Kier molecular flexibility index (Phi) is 4.00. The van der Waals surface area contributed by atoms with Crippen molar-refractivity contribution in [1.29, 1.82) is 0 Å². The molecule has 0 aliphatic heterocycles. The van der Waals surface area contributed by atoms with Gasteiger partial charge in [-0.2, -0.15) is 0 Å². The van der Waals surface area contributed by atoms with Crippen molar-refractivity contribution in [3.8, 4) is 0 Å². The molecular weight excluding hydrogens is 265 g/mol. The van der Waals surface area contributed by atoms with Crippen molar-refractivity contribution in [1.82, 2.24) is 9.97 Å². The summed E-state index contributed by atoms with van der Waals surface area (Å²) in [5.41, 5.74) is 2.38. The van der Waals surface area contributed by atoms with E-state index in [1.165, 1.54) is 6.07 Å². The van der Waals surface area contributed by atoms with Gasteiger partial charge in [0, 0.05) is 24.7 Å². The van der Waals surface area contributed by atoms with Crippen molar-refractivity contribution in [3.63, 3.8) is 0 Å². The molecule has 0 saturated heterocycles. The van der Waals surface area contributed by atoms with Gasteiger partial charge in [0.05, 0.1) is 5.02 Å². The van der Waals surface area contributed by atoms with Crippen molar-refractivity contribution in [2.75, 3.05) is 12.4 Å². The smallest absolute Gasteiger partial charge is 0.145 e. The minimum Gasteiger partial charge on any atom is -0.373 e. The molecule has 0 aliphatic carbocycles. The van der Waals surface area contributed by atoms with Crippen LogP contribution in [0.5, 0.6) is 0 Å². The minimum absolute atomic E-state index is 0.121. The van der Waals surface area contributed by atoms with Gasteiger partial charge in [0.1, 0.15) is 17.5 Å². The second-order valence-corrected chi connectivity index (χ2v) is 4.75. The van der Waals surface area contributed by atoms with Gasteiger partial charge in [0.25, 0.3) is 0 Å². The van der Waals surface area contributed by atoms with E-state index in [1.54, 1.807) is 19.2 Å². The van der Waals surface area contributed by atoms with Gasteiger partial charge in [-0.1, -0.05) is 23.7 Å². The minimum atomic E-state index is -0.406. The number of hydrogen-bond acceptors (Lipinski definition) is 3. The fourth-order valence-electron chi connectivity index (χ4n) is 1.86. The fraction of sp³-hybridized carbons (Fsp3) is 0.286. The highest BCUT2D eigenvalue weighted by Crippen LogP contribution is 2.21. The van der Waals surface area contributed by atoms with Crippen molar-refractivity contribution in [2.24, 2.45) is 0 Å². The molecule has 0 fully saturated rings. The summed E-state index contributed by atoms with van der Waals surface area (Å²) >= 11 is 5.77. The number of nitrogens with one attached hydrogen (secondary N) is 1. The van der Waals surface area contributed by atoms with E-state index in [0.717, 1.165) is 17.1 Å². The number of rotatable bonds is 3. The quantitative estimate of drug-likeness (QED) is 0.934. The standard InChI is InChI=1S/C14H15ClFN3/c1-8-9(2)18-12(19-14(8)17-3)7-10-5-4-6-11(15)13(10)16/h4-6H,7H2,1-3H3,(H,17,18,19). The van der Waals surface area contributed by atoms with Gasteiger partial charge < -0.3 is 5.32 Å². The van der Waals surface area contributed by atoms with E-state index < -0.39 is 5.82 Å². The molecule has 0 atom stereocenters. The predicted octanol–water partition coefficient (Wildman–Crippen LogP) is 3.52. The topological polar surface area (TPSA) is 37.8 Å². The molecule has 0 amide bonds. The summed E-state index contributed by atoms with van der Waals surface area (Å²) in [5, 5.41) is 3.14. The van der Waals surface area contributed by atoms with Crippen LogP contribution >= 0.6 is 11.6 Å². The first-order valence-electron chi connectivity index (χ1n) is 5.97. The zero-order chi connectivity index (χ0) is 14.0. The number of benzene rings is 1. The Labute approximate surface area is 116 Å². The summed E-state index contributed by atoms with van der Waals surface area (Å²) < 4.78 is 13.8. The average Bonchev–Trinajstić information content (AvgIpc) is 2.39. The maximum atomic E-state index is 13.8. The van der Waals surface area contributed by atoms with Crippen molar-refractivity contribution in [3.05, 3.63) is 51.7 Å². The molecule has 0 radical (unpaired) electrons. The van der Waals surface area contributed by atoms with Crippen molar-refractivity contribution >= 4 is 17.4 Å². The highest BCUT2D eigenvalue weighted by atomic mass is 35.5. The fourth-order valence-corrected chi connectivity index (χ4v) is 2.06. The van der Waals surface area contributed by atoms with E-state index in [9.17, 15) is 4.39 Å². The molecular formula is C14H15ClFN3. The van der Waals surface area contributed by atoms with Crippen LogP contribution in [-0.2, 0) is 6.42 Å². The van der Waals surface area contributed by atoms with Crippen molar-refractivity contribution < 1.29 is 4.39 Å². The molecule has 0 saturated carbocycles. The van der Waals surface area contributed by atoms with Gasteiger partial charge in [-0.15, -0.1) is 0 Å². The highest BCUT2D eigenvalue weighted by Gasteiger charge is 2.11. The molecule has 0 bridgehead atoms. The van der Waals surface area contributed by atoms with E-state index in [4.69, 9.17) is 11.6 Å². The van der Waals surface area contributed by atoms with Crippen LogP contribution in [0.4, 0.5) is 10.2 Å². The van der Waals surface area contributed by atoms with E-state index in [2.05, 4.69) is 15.3 Å². The summed E-state index contributed by atoms with van der Waals surface area (Å²) in [6.07, 6.45) is 0.322. The molecule has 0 aliphatic rings. The van der Waals surface area contributed by atoms with Gasteiger partial charge in [0.2, 0.25) is 0 Å². The van der Waals surface area contributed by atoms with Gasteiger partial charge in [-0.3, -0.25) is 0 Å². The lowest BCUT2D eigenvalue weighted by atomic mass is 10.1. The van der Waals surface area contributed by atoms with E-state index in [1.807, 2.05) is 13.8 Å². The van der Waals surface area contributed by atoms with Crippen LogP contribution in [0, 0.1) is 19.7 Å². The van der Waals surface area contributed by atoms with Crippen LogP contribution < -0.4 is 5.32 Å². The zero-order valence-corrected chi connectivity index (χ0v) is 11.8. The van der Waals surface area contributed by atoms with Gasteiger partial charge in [-0.25, -0.2) is 14.4 Å². The third-order valence-electron chi connectivity index (χ3n) is 3.05. The summed E-state index contributed by atoms with van der Waals surface area (Å²) in [5.74, 6) is 0.940. The maximum absolute atomic E-state index is 13.8. The molecule has 3 nitrogen and oxygen atoms in total. The molecule has 1 aromatic carbocycles. The Morgan fingerprint density at radius 1 is 1.26 bits per heavy atom. The average molecular weight is 280 g/mol. The Bertz CT molecular complexity index is 614. The second-order valence-electron chi connectivity index (χ2n) is 4.34. The molecule has 0 spiro atoms. The molecule has 1 aromatic heterocycles. The molecule has 5 heteroatoms. The lowest BCUT2D eigenvalue weighted by Gasteiger charge is -2.10. The molecule has 19 heavy (non-hydrogen) atoms. The first-order valence-corrected chi connectivity index (χ1v) is 6.35. The SMILES string of the molecule is CNc1nc(Cc2cccc(Cl)c2F)nc(C)c1C. The van der Waals surface area contributed by atoms with Gasteiger partial charge in [0.15, 0.2) is 0 Å². The number of anilines is 1. The highest BCUT2D eigenvalue weighted by molar-refractivity contribution is 6.30. The lowest BCUT2D eigenvalue weighted by molar-refractivity contribution is 0.612. The first-order chi connectivity index (χ1) is 9.02. The van der Waals surface area contributed by atoms with Crippen molar-refractivity contribution in [2.45, 2.75) is 20.3 Å². The summed E-state index contributed by atoms with van der Waals surface area (Å²) in [6, 6.07) is 4.94. The Balaban J connectivity index is 2.38. The van der Waals surface area contributed by atoms with E-state index >= 15 is 0 Å². The molecule has 1 N–H and O–H groups in total. The second kappa shape index (κ2) is 5.53. The molecule has 2 rings (SSSR count). The van der Waals surface area contributed by atoms with E-state index in [-0.39, 0.29) is 5.02 Å².